The molecular weight excluding hydrogens is 240 g/mol. The number of aromatic amines is 2. The Morgan fingerprint density at radius 3 is 3.00 bits per heavy atom. The lowest BCUT2D eigenvalue weighted by Gasteiger charge is -2.00. The number of aryl methyl sites for hydroxylation is 1. The molecule has 5 nitrogen and oxygen atoms in total. The maximum absolute atomic E-state index is 11.5. The molecule has 2 N–H and O–H groups in total. The second kappa shape index (κ2) is 3.41. The van der Waals surface area contributed by atoms with Gasteiger partial charge in [-0.2, -0.15) is 0 Å². The van der Waals surface area contributed by atoms with Crippen molar-refractivity contribution in [2.45, 2.75) is 6.92 Å². The summed E-state index contributed by atoms with van der Waals surface area (Å²) in [5.74, 6) is -0.215. The van der Waals surface area contributed by atoms with Gasteiger partial charge in [0, 0.05) is 46.9 Å². The number of H-pyrrole nitrogens is 2. The molecular formula is C14H10N4O. The van der Waals surface area contributed by atoms with Gasteiger partial charge in [0.2, 0.25) is 0 Å². The van der Waals surface area contributed by atoms with E-state index in [9.17, 15) is 4.79 Å². The predicted molar refractivity (Wildman–Crippen MR) is 72.5 cm³/mol. The van der Waals surface area contributed by atoms with Gasteiger partial charge >= 0.3 is 0 Å². The number of amides is 1. The van der Waals surface area contributed by atoms with Gasteiger partial charge in [-0.15, -0.1) is 0 Å². The third kappa shape index (κ3) is 1.32. The molecule has 0 fully saturated rings. The summed E-state index contributed by atoms with van der Waals surface area (Å²) in [6, 6.07) is 2.08. The van der Waals surface area contributed by atoms with E-state index < -0.39 is 0 Å². The molecule has 0 spiro atoms. The molecule has 0 atom stereocenters. The highest BCUT2D eigenvalue weighted by Gasteiger charge is 2.21. The molecule has 0 radical (unpaired) electrons. The van der Waals surface area contributed by atoms with Crippen LogP contribution in [0.15, 0.2) is 29.6 Å². The summed E-state index contributed by atoms with van der Waals surface area (Å²) in [5, 5.41) is 1.09. The van der Waals surface area contributed by atoms with E-state index in [2.05, 4.69) is 26.0 Å². The number of rotatable bonds is 1. The first-order valence-electron chi connectivity index (χ1n) is 5.98. The Bertz CT molecular complexity index is 854. The average Bonchev–Trinajstić information content (AvgIpc) is 3.08. The molecule has 1 aliphatic heterocycles. The molecule has 0 saturated carbocycles. The number of carbonyl (C=O) groups is 1. The zero-order valence-corrected chi connectivity index (χ0v) is 10.2. The van der Waals surface area contributed by atoms with Crippen molar-refractivity contribution in [2.24, 2.45) is 4.99 Å². The zero-order valence-electron chi connectivity index (χ0n) is 10.2. The molecule has 3 aromatic rings. The average molecular weight is 250 g/mol. The van der Waals surface area contributed by atoms with Gasteiger partial charge in [-0.05, 0) is 18.6 Å². The summed E-state index contributed by atoms with van der Waals surface area (Å²) in [5.41, 5.74) is 5.37. The van der Waals surface area contributed by atoms with E-state index in [1.165, 1.54) is 0 Å². The van der Waals surface area contributed by atoms with E-state index in [4.69, 9.17) is 0 Å². The standard InChI is InChI=1S/C14H10N4O/c1-7-3-16-13-9(7)2-8(4-17-13)10-5-15-12-11(10)6-18-14(12)19/h2-6,15H,1H3,(H,16,17). The van der Waals surface area contributed by atoms with Gasteiger partial charge in [-0.1, -0.05) is 0 Å². The van der Waals surface area contributed by atoms with Crippen molar-refractivity contribution in [1.29, 1.82) is 0 Å². The number of pyridine rings is 1. The van der Waals surface area contributed by atoms with Gasteiger partial charge in [-0.25, -0.2) is 9.98 Å². The topological polar surface area (TPSA) is 73.9 Å². The van der Waals surface area contributed by atoms with E-state index in [0.717, 1.165) is 33.3 Å². The summed E-state index contributed by atoms with van der Waals surface area (Å²) in [6.45, 7) is 2.04. The van der Waals surface area contributed by atoms with Crippen LogP contribution in [-0.4, -0.2) is 27.1 Å². The first-order valence-corrected chi connectivity index (χ1v) is 5.98. The summed E-state index contributed by atoms with van der Waals surface area (Å²) in [4.78, 5) is 25.8. The van der Waals surface area contributed by atoms with Crippen LogP contribution in [0.5, 0.6) is 0 Å². The third-order valence-electron chi connectivity index (χ3n) is 3.49. The van der Waals surface area contributed by atoms with E-state index in [-0.39, 0.29) is 5.91 Å². The second-order valence-corrected chi connectivity index (χ2v) is 4.65. The smallest absolute Gasteiger partial charge is 0.294 e. The van der Waals surface area contributed by atoms with Gasteiger partial charge in [0.1, 0.15) is 11.3 Å². The molecule has 0 aliphatic carbocycles. The molecule has 0 saturated heterocycles. The number of nitrogens with one attached hydrogen (secondary N) is 2. The minimum atomic E-state index is -0.215. The molecule has 19 heavy (non-hydrogen) atoms. The van der Waals surface area contributed by atoms with E-state index in [1.807, 2.05) is 19.3 Å². The van der Waals surface area contributed by atoms with Crippen LogP contribution in [0.2, 0.25) is 0 Å². The van der Waals surface area contributed by atoms with Crippen molar-refractivity contribution in [1.82, 2.24) is 15.0 Å². The Labute approximate surface area is 108 Å². The maximum atomic E-state index is 11.5. The quantitative estimate of drug-likeness (QED) is 0.696. The normalized spacial score (nSPS) is 13.4. The first-order chi connectivity index (χ1) is 9.24. The number of aliphatic imine (C=N–C) groups is 1. The van der Waals surface area contributed by atoms with Crippen LogP contribution in [0.4, 0.5) is 0 Å². The minimum absolute atomic E-state index is 0.215. The molecule has 92 valence electrons. The molecule has 3 aromatic heterocycles. The van der Waals surface area contributed by atoms with Crippen molar-refractivity contribution >= 4 is 23.2 Å². The number of aromatic nitrogens is 3. The Morgan fingerprint density at radius 2 is 2.11 bits per heavy atom. The lowest BCUT2D eigenvalue weighted by atomic mass is 10.0. The molecule has 1 aliphatic rings. The summed E-state index contributed by atoms with van der Waals surface area (Å²) < 4.78 is 0. The van der Waals surface area contributed by atoms with Crippen LogP contribution in [0, 0.1) is 6.92 Å². The van der Waals surface area contributed by atoms with Crippen LogP contribution in [0.1, 0.15) is 21.6 Å². The van der Waals surface area contributed by atoms with Gasteiger partial charge in [-0.3, -0.25) is 4.79 Å². The molecule has 0 unspecified atom stereocenters. The number of nitrogens with zero attached hydrogens (tertiary/aromatic N) is 2. The Morgan fingerprint density at radius 1 is 1.21 bits per heavy atom. The van der Waals surface area contributed by atoms with E-state index in [1.54, 1.807) is 12.4 Å². The number of carbonyl (C=O) groups excluding carboxylic acids is 1. The molecule has 4 rings (SSSR count). The summed E-state index contributed by atoms with van der Waals surface area (Å²) in [7, 11) is 0. The first kappa shape index (κ1) is 10.3. The van der Waals surface area contributed by atoms with Crippen molar-refractivity contribution in [3.8, 4) is 11.1 Å². The fraction of sp³-hybridized carbons (Fsp3) is 0.0714. The molecule has 1 amide bonds. The fourth-order valence-electron chi connectivity index (χ4n) is 2.45. The Hall–Kier alpha value is -2.69. The van der Waals surface area contributed by atoms with Gasteiger partial charge in [0.15, 0.2) is 0 Å². The molecule has 0 bridgehead atoms. The Kier molecular flexibility index (Phi) is 1.84. The summed E-state index contributed by atoms with van der Waals surface area (Å²) in [6.07, 6.45) is 7.18. The number of hydrogen-bond acceptors (Lipinski definition) is 2. The monoisotopic (exact) mass is 250 g/mol. The van der Waals surface area contributed by atoms with Crippen LogP contribution in [0.3, 0.4) is 0 Å². The van der Waals surface area contributed by atoms with Crippen LogP contribution in [0.25, 0.3) is 22.2 Å². The van der Waals surface area contributed by atoms with Crippen LogP contribution in [-0.2, 0) is 0 Å². The predicted octanol–water partition coefficient (Wildman–Crippen LogP) is 2.44. The number of hydrogen-bond donors (Lipinski definition) is 2. The van der Waals surface area contributed by atoms with Crippen molar-refractivity contribution in [3.05, 3.63) is 41.5 Å². The zero-order chi connectivity index (χ0) is 13.0. The van der Waals surface area contributed by atoms with Crippen molar-refractivity contribution in [3.63, 3.8) is 0 Å². The Balaban J connectivity index is 1.95. The minimum Gasteiger partial charge on any atom is -0.356 e. The fourth-order valence-corrected chi connectivity index (χ4v) is 2.45. The van der Waals surface area contributed by atoms with Gasteiger partial charge in [0.05, 0.1) is 0 Å². The van der Waals surface area contributed by atoms with E-state index >= 15 is 0 Å². The second-order valence-electron chi connectivity index (χ2n) is 4.65. The van der Waals surface area contributed by atoms with E-state index in [0.29, 0.717) is 5.69 Å². The van der Waals surface area contributed by atoms with Gasteiger partial charge < -0.3 is 9.97 Å². The van der Waals surface area contributed by atoms with Gasteiger partial charge in [0.25, 0.3) is 5.91 Å². The van der Waals surface area contributed by atoms with Crippen LogP contribution >= 0.6 is 0 Å². The SMILES string of the molecule is Cc1c[nH]c2ncc(-c3c[nH]c4c3C=NC4=O)cc12. The lowest BCUT2D eigenvalue weighted by Crippen LogP contribution is -1.90. The third-order valence-corrected chi connectivity index (χ3v) is 3.49. The molecule has 4 heterocycles. The van der Waals surface area contributed by atoms with Crippen molar-refractivity contribution < 1.29 is 4.79 Å². The maximum Gasteiger partial charge on any atom is 0.294 e. The molecule has 5 heteroatoms. The number of fused-ring (bicyclic) bond motifs is 2. The lowest BCUT2D eigenvalue weighted by molar-refractivity contribution is 0.100. The highest BCUT2D eigenvalue weighted by atomic mass is 16.1. The van der Waals surface area contributed by atoms with Crippen molar-refractivity contribution in [2.75, 3.05) is 0 Å². The molecule has 0 aromatic carbocycles. The highest BCUT2D eigenvalue weighted by molar-refractivity contribution is 6.15. The highest BCUT2D eigenvalue weighted by Crippen LogP contribution is 2.30. The largest absolute Gasteiger partial charge is 0.356 e. The van der Waals surface area contributed by atoms with Crippen LogP contribution < -0.4 is 0 Å². The summed E-state index contributed by atoms with van der Waals surface area (Å²) >= 11 is 0.